The van der Waals surface area contributed by atoms with Gasteiger partial charge < -0.3 is 10.3 Å². The Bertz CT molecular complexity index is 422. The van der Waals surface area contributed by atoms with Crippen molar-refractivity contribution in [1.29, 1.82) is 0 Å². The first-order valence-corrected chi connectivity index (χ1v) is 4.81. The van der Waals surface area contributed by atoms with Gasteiger partial charge in [-0.3, -0.25) is 0 Å². The standard InChI is InChI=1S/C8H9N5S/c1-13-5-11-12-8(13)14-6-2-3-7(9)10-4-6/h2-5H,1H3,(H2,9,10). The summed E-state index contributed by atoms with van der Waals surface area (Å²) < 4.78 is 1.85. The van der Waals surface area contributed by atoms with Gasteiger partial charge in [0.15, 0.2) is 5.16 Å². The van der Waals surface area contributed by atoms with Gasteiger partial charge in [-0.15, -0.1) is 10.2 Å². The predicted octanol–water partition coefficient (Wildman–Crippen LogP) is 0.943. The number of nitrogen functional groups attached to an aromatic ring is 1. The van der Waals surface area contributed by atoms with Gasteiger partial charge in [0, 0.05) is 18.1 Å². The molecule has 72 valence electrons. The van der Waals surface area contributed by atoms with Crippen molar-refractivity contribution in [3.8, 4) is 0 Å². The zero-order chi connectivity index (χ0) is 9.97. The van der Waals surface area contributed by atoms with Crippen molar-refractivity contribution in [2.24, 2.45) is 7.05 Å². The number of pyridine rings is 1. The SMILES string of the molecule is Cn1cnnc1Sc1ccc(N)nc1. The molecule has 0 aromatic carbocycles. The molecule has 0 spiro atoms. The van der Waals surface area contributed by atoms with Crippen LogP contribution >= 0.6 is 11.8 Å². The Kier molecular flexibility index (Phi) is 2.36. The van der Waals surface area contributed by atoms with Crippen molar-refractivity contribution in [3.05, 3.63) is 24.7 Å². The number of hydrogen-bond acceptors (Lipinski definition) is 5. The van der Waals surface area contributed by atoms with Gasteiger partial charge in [-0.25, -0.2) is 4.98 Å². The monoisotopic (exact) mass is 207 g/mol. The summed E-state index contributed by atoms with van der Waals surface area (Å²) in [5, 5.41) is 8.56. The fourth-order valence-corrected chi connectivity index (χ4v) is 1.65. The molecular formula is C8H9N5S. The maximum atomic E-state index is 5.48. The van der Waals surface area contributed by atoms with Gasteiger partial charge in [-0.2, -0.15) is 0 Å². The minimum Gasteiger partial charge on any atom is -0.384 e. The van der Waals surface area contributed by atoms with Crippen molar-refractivity contribution in [1.82, 2.24) is 19.7 Å². The smallest absolute Gasteiger partial charge is 0.195 e. The predicted molar refractivity (Wildman–Crippen MR) is 53.8 cm³/mol. The Morgan fingerprint density at radius 1 is 1.43 bits per heavy atom. The van der Waals surface area contributed by atoms with Crippen molar-refractivity contribution in [3.63, 3.8) is 0 Å². The molecule has 2 heterocycles. The van der Waals surface area contributed by atoms with E-state index in [1.807, 2.05) is 17.7 Å². The molecule has 0 bridgehead atoms. The minimum absolute atomic E-state index is 0.521. The molecule has 0 saturated carbocycles. The second kappa shape index (κ2) is 3.67. The molecule has 0 aliphatic carbocycles. The summed E-state index contributed by atoms with van der Waals surface area (Å²) in [7, 11) is 1.90. The van der Waals surface area contributed by atoms with Crippen LogP contribution in [0.15, 0.2) is 34.7 Å². The van der Waals surface area contributed by atoms with Crippen LogP contribution in [0.4, 0.5) is 5.82 Å². The molecule has 2 rings (SSSR count). The van der Waals surface area contributed by atoms with Crippen LogP contribution in [0.1, 0.15) is 0 Å². The lowest BCUT2D eigenvalue weighted by atomic mass is 10.5. The summed E-state index contributed by atoms with van der Waals surface area (Å²) in [6, 6.07) is 3.67. The molecule has 2 aromatic rings. The van der Waals surface area contributed by atoms with E-state index in [-0.39, 0.29) is 0 Å². The molecule has 0 fully saturated rings. The minimum atomic E-state index is 0.521. The molecule has 0 aliphatic rings. The van der Waals surface area contributed by atoms with E-state index in [1.54, 1.807) is 18.6 Å². The van der Waals surface area contributed by atoms with Crippen LogP contribution in [0, 0.1) is 0 Å². The normalized spacial score (nSPS) is 10.4. The average molecular weight is 207 g/mol. The Morgan fingerprint density at radius 3 is 2.86 bits per heavy atom. The zero-order valence-corrected chi connectivity index (χ0v) is 8.40. The highest BCUT2D eigenvalue weighted by atomic mass is 32.2. The highest BCUT2D eigenvalue weighted by molar-refractivity contribution is 7.99. The molecule has 0 aliphatic heterocycles. The van der Waals surface area contributed by atoms with Crippen molar-refractivity contribution < 1.29 is 0 Å². The molecule has 14 heavy (non-hydrogen) atoms. The lowest BCUT2D eigenvalue weighted by Gasteiger charge is -1.99. The maximum Gasteiger partial charge on any atom is 0.195 e. The van der Waals surface area contributed by atoms with E-state index >= 15 is 0 Å². The average Bonchev–Trinajstić information content (AvgIpc) is 2.56. The van der Waals surface area contributed by atoms with Crippen LogP contribution in [0.2, 0.25) is 0 Å². The van der Waals surface area contributed by atoms with Crippen molar-refractivity contribution in [2.45, 2.75) is 10.1 Å². The second-order valence-corrected chi connectivity index (χ2v) is 3.79. The van der Waals surface area contributed by atoms with Crippen LogP contribution in [0.3, 0.4) is 0 Å². The fourth-order valence-electron chi connectivity index (χ4n) is 0.923. The molecule has 0 atom stereocenters. The lowest BCUT2D eigenvalue weighted by molar-refractivity contribution is 0.788. The van der Waals surface area contributed by atoms with Gasteiger partial charge in [0.2, 0.25) is 0 Å². The lowest BCUT2D eigenvalue weighted by Crippen LogP contribution is -1.90. The molecule has 0 unspecified atom stereocenters. The molecule has 2 aromatic heterocycles. The first kappa shape index (κ1) is 9.01. The zero-order valence-electron chi connectivity index (χ0n) is 7.58. The van der Waals surface area contributed by atoms with Crippen LogP contribution in [-0.2, 0) is 7.05 Å². The van der Waals surface area contributed by atoms with Crippen LogP contribution in [-0.4, -0.2) is 19.7 Å². The van der Waals surface area contributed by atoms with Crippen molar-refractivity contribution >= 4 is 17.6 Å². The van der Waals surface area contributed by atoms with Gasteiger partial charge in [0.1, 0.15) is 12.1 Å². The molecule has 5 nitrogen and oxygen atoms in total. The number of rotatable bonds is 2. The summed E-state index contributed by atoms with van der Waals surface area (Å²) in [4.78, 5) is 4.98. The quantitative estimate of drug-likeness (QED) is 0.793. The Morgan fingerprint density at radius 2 is 2.29 bits per heavy atom. The van der Waals surface area contributed by atoms with Gasteiger partial charge in [-0.1, -0.05) is 0 Å². The molecule has 6 heteroatoms. The van der Waals surface area contributed by atoms with Gasteiger partial charge in [-0.05, 0) is 23.9 Å². The van der Waals surface area contributed by atoms with Gasteiger partial charge in [0.05, 0.1) is 0 Å². The second-order valence-electron chi connectivity index (χ2n) is 2.75. The van der Waals surface area contributed by atoms with Gasteiger partial charge in [0.25, 0.3) is 0 Å². The van der Waals surface area contributed by atoms with Crippen molar-refractivity contribution in [2.75, 3.05) is 5.73 Å². The highest BCUT2D eigenvalue weighted by Gasteiger charge is 2.02. The maximum absolute atomic E-state index is 5.48. The van der Waals surface area contributed by atoms with Crippen LogP contribution < -0.4 is 5.73 Å². The van der Waals surface area contributed by atoms with E-state index in [1.165, 1.54) is 11.8 Å². The Hall–Kier alpha value is -1.56. The molecule has 0 radical (unpaired) electrons. The first-order valence-electron chi connectivity index (χ1n) is 3.99. The number of nitrogens with two attached hydrogens (primary N) is 1. The summed E-state index contributed by atoms with van der Waals surface area (Å²) in [6.07, 6.45) is 3.38. The van der Waals surface area contributed by atoms with E-state index in [4.69, 9.17) is 5.73 Å². The van der Waals surface area contributed by atoms with E-state index in [0.29, 0.717) is 5.82 Å². The van der Waals surface area contributed by atoms with E-state index < -0.39 is 0 Å². The van der Waals surface area contributed by atoms with E-state index in [2.05, 4.69) is 15.2 Å². The summed E-state index contributed by atoms with van der Waals surface area (Å²) in [5.74, 6) is 0.521. The number of aromatic nitrogens is 4. The van der Waals surface area contributed by atoms with Gasteiger partial charge >= 0.3 is 0 Å². The van der Waals surface area contributed by atoms with Crippen LogP contribution in [0.5, 0.6) is 0 Å². The molecular weight excluding hydrogens is 198 g/mol. The Balaban J connectivity index is 2.19. The van der Waals surface area contributed by atoms with E-state index in [0.717, 1.165) is 10.1 Å². The fraction of sp³-hybridized carbons (Fsp3) is 0.125. The summed E-state index contributed by atoms with van der Waals surface area (Å²) >= 11 is 1.50. The number of aryl methyl sites for hydroxylation is 1. The third-order valence-corrected chi connectivity index (χ3v) is 2.67. The topological polar surface area (TPSA) is 69.6 Å². The van der Waals surface area contributed by atoms with E-state index in [9.17, 15) is 0 Å². The molecule has 0 saturated heterocycles. The molecule has 0 amide bonds. The Labute approximate surface area is 85.4 Å². The highest BCUT2D eigenvalue weighted by Crippen LogP contribution is 2.24. The van der Waals surface area contributed by atoms with Crippen LogP contribution in [0.25, 0.3) is 0 Å². The third-order valence-electron chi connectivity index (χ3n) is 1.64. The summed E-state index contributed by atoms with van der Waals surface area (Å²) in [6.45, 7) is 0. The first-order chi connectivity index (χ1) is 6.75. The number of nitrogens with zero attached hydrogens (tertiary/aromatic N) is 4. The third kappa shape index (κ3) is 1.85. The summed E-state index contributed by atoms with van der Waals surface area (Å²) in [5.41, 5.74) is 5.48. The number of anilines is 1. The largest absolute Gasteiger partial charge is 0.384 e. The number of hydrogen-bond donors (Lipinski definition) is 1. The molecule has 2 N–H and O–H groups in total.